The highest BCUT2D eigenvalue weighted by Crippen LogP contribution is 2.17. The van der Waals surface area contributed by atoms with Crippen molar-refractivity contribution in [2.75, 3.05) is 51.3 Å². The summed E-state index contributed by atoms with van der Waals surface area (Å²) in [5.41, 5.74) is 1.45. The summed E-state index contributed by atoms with van der Waals surface area (Å²) in [6, 6.07) is 4.33. The zero-order valence-electron chi connectivity index (χ0n) is 17.2. The van der Waals surface area contributed by atoms with Gasteiger partial charge in [0.05, 0.1) is 6.61 Å². The van der Waals surface area contributed by atoms with Gasteiger partial charge < -0.3 is 30.4 Å². The van der Waals surface area contributed by atoms with E-state index in [9.17, 15) is 9.18 Å². The molecule has 2 rings (SSSR count). The summed E-state index contributed by atoms with van der Waals surface area (Å²) in [4.78, 5) is 14.9. The minimum absolute atomic E-state index is 0.0444. The molecule has 1 saturated heterocycles. The topological polar surface area (TPSA) is 86.7 Å². The van der Waals surface area contributed by atoms with Crippen LogP contribution in [0, 0.1) is 18.2 Å². The zero-order valence-corrected chi connectivity index (χ0v) is 17.2. The molecule has 0 atom stereocenters. The van der Waals surface area contributed by atoms with E-state index in [-0.39, 0.29) is 12.4 Å². The number of anilines is 1. The molecule has 1 aromatic rings. The van der Waals surface area contributed by atoms with Gasteiger partial charge in [-0.25, -0.2) is 4.39 Å². The van der Waals surface area contributed by atoms with Crippen LogP contribution in [0.4, 0.5) is 10.1 Å². The third kappa shape index (κ3) is 7.47. The van der Waals surface area contributed by atoms with Crippen molar-refractivity contribution in [3.63, 3.8) is 0 Å². The van der Waals surface area contributed by atoms with Crippen LogP contribution < -0.4 is 10.6 Å². The SMILES string of the molecule is CCCCOCCO/C(C(=O)Nc1cc(C)cc(F)c1)=C(/C=N)N1CCNCC1. The molecule has 160 valence electrons. The summed E-state index contributed by atoms with van der Waals surface area (Å²) in [6.07, 6.45) is 3.14. The number of benzene rings is 1. The summed E-state index contributed by atoms with van der Waals surface area (Å²) >= 11 is 0. The number of unbranched alkanes of at least 4 members (excludes halogenated alkanes) is 1. The van der Waals surface area contributed by atoms with Crippen LogP contribution in [0.1, 0.15) is 25.3 Å². The van der Waals surface area contributed by atoms with E-state index < -0.39 is 11.7 Å². The minimum Gasteiger partial charge on any atom is -0.484 e. The Balaban J connectivity index is 2.16. The van der Waals surface area contributed by atoms with Crippen molar-refractivity contribution >= 4 is 17.8 Å². The monoisotopic (exact) mass is 406 g/mol. The van der Waals surface area contributed by atoms with E-state index >= 15 is 0 Å². The first-order valence-electron chi connectivity index (χ1n) is 10.0. The van der Waals surface area contributed by atoms with Gasteiger partial charge in [0.2, 0.25) is 5.76 Å². The summed E-state index contributed by atoms with van der Waals surface area (Å²) in [5, 5.41) is 13.8. The number of hydrogen-bond acceptors (Lipinski definition) is 6. The van der Waals surface area contributed by atoms with Gasteiger partial charge in [0.15, 0.2) is 0 Å². The molecule has 0 spiro atoms. The lowest BCUT2D eigenvalue weighted by Crippen LogP contribution is -2.44. The van der Waals surface area contributed by atoms with Crippen molar-refractivity contribution in [1.82, 2.24) is 10.2 Å². The van der Waals surface area contributed by atoms with Gasteiger partial charge in [0.25, 0.3) is 5.91 Å². The highest BCUT2D eigenvalue weighted by molar-refractivity contribution is 6.05. The predicted octanol–water partition coefficient (Wildman–Crippen LogP) is 2.67. The molecule has 1 fully saturated rings. The van der Waals surface area contributed by atoms with Crippen LogP contribution in [0.5, 0.6) is 0 Å². The van der Waals surface area contributed by atoms with Gasteiger partial charge >= 0.3 is 0 Å². The van der Waals surface area contributed by atoms with Gasteiger partial charge in [-0.1, -0.05) is 13.3 Å². The third-order valence-corrected chi connectivity index (χ3v) is 4.45. The quantitative estimate of drug-likeness (QED) is 0.228. The number of amides is 1. The second-order valence-corrected chi connectivity index (χ2v) is 6.88. The number of nitrogens with zero attached hydrogens (tertiary/aromatic N) is 1. The fourth-order valence-corrected chi connectivity index (χ4v) is 3.01. The number of aryl methyl sites for hydroxylation is 1. The molecule has 0 bridgehead atoms. The number of carbonyl (C=O) groups excluding carboxylic acids is 1. The van der Waals surface area contributed by atoms with Crippen LogP contribution in [0.2, 0.25) is 0 Å². The van der Waals surface area contributed by atoms with Crippen LogP contribution in [0.3, 0.4) is 0 Å². The number of allylic oxidation sites excluding steroid dienone is 1. The van der Waals surface area contributed by atoms with E-state index in [1.165, 1.54) is 12.1 Å². The number of ether oxygens (including phenoxy) is 2. The molecule has 0 aliphatic carbocycles. The van der Waals surface area contributed by atoms with Crippen molar-refractivity contribution < 1.29 is 18.7 Å². The molecule has 0 radical (unpaired) electrons. The first-order chi connectivity index (χ1) is 14.0. The van der Waals surface area contributed by atoms with Gasteiger partial charge in [-0.3, -0.25) is 4.79 Å². The summed E-state index contributed by atoms with van der Waals surface area (Å²) in [6.45, 7) is 7.87. The number of carbonyl (C=O) groups is 1. The molecular weight excluding hydrogens is 375 g/mol. The Morgan fingerprint density at radius 3 is 2.69 bits per heavy atom. The van der Waals surface area contributed by atoms with Crippen molar-refractivity contribution in [1.29, 1.82) is 5.41 Å². The maximum absolute atomic E-state index is 13.7. The van der Waals surface area contributed by atoms with Crippen LogP contribution in [0.15, 0.2) is 29.7 Å². The van der Waals surface area contributed by atoms with Crippen LogP contribution in [-0.4, -0.2) is 63.0 Å². The van der Waals surface area contributed by atoms with E-state index in [0.29, 0.717) is 43.3 Å². The molecule has 29 heavy (non-hydrogen) atoms. The Bertz CT molecular complexity index is 698. The fourth-order valence-electron chi connectivity index (χ4n) is 3.01. The highest BCUT2D eigenvalue weighted by atomic mass is 19.1. The molecule has 8 heteroatoms. The third-order valence-electron chi connectivity index (χ3n) is 4.45. The van der Waals surface area contributed by atoms with E-state index in [1.807, 2.05) is 4.90 Å². The first-order valence-corrected chi connectivity index (χ1v) is 10.0. The molecular formula is C21H31FN4O3. The van der Waals surface area contributed by atoms with E-state index in [4.69, 9.17) is 14.9 Å². The average Bonchev–Trinajstić information content (AvgIpc) is 2.69. The van der Waals surface area contributed by atoms with Crippen molar-refractivity contribution in [3.8, 4) is 0 Å². The highest BCUT2D eigenvalue weighted by Gasteiger charge is 2.22. The number of nitrogens with one attached hydrogen (secondary N) is 3. The maximum Gasteiger partial charge on any atom is 0.293 e. The van der Waals surface area contributed by atoms with E-state index in [2.05, 4.69) is 17.6 Å². The van der Waals surface area contributed by atoms with Gasteiger partial charge in [0.1, 0.15) is 18.1 Å². The number of hydrogen-bond donors (Lipinski definition) is 3. The predicted molar refractivity (Wildman–Crippen MR) is 112 cm³/mol. The number of halogens is 1. The van der Waals surface area contributed by atoms with Crippen molar-refractivity contribution in [2.45, 2.75) is 26.7 Å². The molecule has 1 aliphatic rings. The molecule has 1 heterocycles. The molecule has 1 aliphatic heterocycles. The summed E-state index contributed by atoms with van der Waals surface area (Å²) < 4.78 is 24.9. The summed E-state index contributed by atoms with van der Waals surface area (Å²) in [7, 11) is 0. The second kappa shape index (κ2) is 12.2. The lowest BCUT2D eigenvalue weighted by Gasteiger charge is -2.31. The number of piperazine rings is 1. The summed E-state index contributed by atoms with van der Waals surface area (Å²) in [5.74, 6) is -0.894. The Kier molecular flexibility index (Phi) is 9.59. The van der Waals surface area contributed by atoms with Gasteiger partial charge in [-0.2, -0.15) is 0 Å². The molecule has 1 amide bonds. The maximum atomic E-state index is 13.7. The Morgan fingerprint density at radius 1 is 1.28 bits per heavy atom. The van der Waals surface area contributed by atoms with E-state index in [1.54, 1.807) is 13.0 Å². The van der Waals surface area contributed by atoms with Crippen molar-refractivity contribution in [2.24, 2.45) is 0 Å². The van der Waals surface area contributed by atoms with Gasteiger partial charge in [-0.05, 0) is 37.1 Å². The van der Waals surface area contributed by atoms with Gasteiger partial charge in [-0.15, -0.1) is 0 Å². The molecule has 3 N–H and O–H groups in total. The number of rotatable bonds is 11. The van der Waals surface area contributed by atoms with Crippen LogP contribution >= 0.6 is 0 Å². The molecule has 1 aromatic carbocycles. The normalized spacial score (nSPS) is 14.9. The van der Waals surface area contributed by atoms with Crippen LogP contribution in [-0.2, 0) is 14.3 Å². The minimum atomic E-state index is -0.513. The second-order valence-electron chi connectivity index (χ2n) is 6.88. The Labute approximate surface area is 171 Å². The van der Waals surface area contributed by atoms with E-state index in [0.717, 1.165) is 32.1 Å². The van der Waals surface area contributed by atoms with Crippen LogP contribution in [0.25, 0.3) is 0 Å². The molecule has 0 unspecified atom stereocenters. The fraction of sp³-hybridized carbons (Fsp3) is 0.524. The lowest BCUT2D eigenvalue weighted by atomic mass is 10.2. The molecule has 7 nitrogen and oxygen atoms in total. The Hall–Kier alpha value is -2.45. The first kappa shape index (κ1) is 22.8. The lowest BCUT2D eigenvalue weighted by molar-refractivity contribution is -0.116. The zero-order chi connectivity index (χ0) is 21.1. The molecule has 0 aromatic heterocycles. The standard InChI is InChI=1S/C21H31FN4O3/c1-3-4-9-28-10-11-29-20(19(15-23)26-7-5-24-6-8-26)21(27)25-18-13-16(2)12-17(22)14-18/h12-15,23-24H,3-11H2,1-2H3,(H,25,27)/b20-19-,23-15?. The largest absolute Gasteiger partial charge is 0.484 e. The smallest absolute Gasteiger partial charge is 0.293 e. The average molecular weight is 407 g/mol. The Morgan fingerprint density at radius 2 is 2.03 bits per heavy atom. The van der Waals surface area contributed by atoms with Crippen molar-refractivity contribution in [3.05, 3.63) is 41.0 Å². The van der Waals surface area contributed by atoms with Gasteiger partial charge in [0, 0.05) is 44.7 Å². The molecule has 0 saturated carbocycles.